The van der Waals surface area contributed by atoms with Crippen LogP contribution in [0.25, 0.3) is 0 Å². The molecule has 0 heterocycles. The summed E-state index contributed by atoms with van der Waals surface area (Å²) in [6.45, 7) is 4.75. The van der Waals surface area contributed by atoms with Gasteiger partial charge in [-0.05, 0) is 37.6 Å². The van der Waals surface area contributed by atoms with Crippen LogP contribution in [0.4, 0.5) is 0 Å². The molecule has 0 radical (unpaired) electrons. The van der Waals surface area contributed by atoms with Crippen molar-refractivity contribution in [2.45, 2.75) is 26.3 Å². The van der Waals surface area contributed by atoms with E-state index in [1.807, 2.05) is 24.8 Å². The summed E-state index contributed by atoms with van der Waals surface area (Å²) in [4.78, 5) is 12.8. The summed E-state index contributed by atoms with van der Waals surface area (Å²) in [5.41, 5.74) is 0.971. The highest BCUT2D eigenvalue weighted by Crippen LogP contribution is 2.28. The SMILES string of the molecule is CCCN(CC(=O)O)C(C)c1ccc(Cl)c(Cl)c1.Cl. The highest BCUT2D eigenvalue weighted by atomic mass is 35.5. The highest BCUT2D eigenvalue weighted by molar-refractivity contribution is 6.42. The number of hydrogen-bond donors (Lipinski definition) is 1. The molecule has 1 aromatic carbocycles. The molecular weight excluding hydrogens is 309 g/mol. The molecule has 0 bridgehead atoms. The molecule has 0 aromatic heterocycles. The standard InChI is InChI=1S/C13H17Cl2NO2.ClH/c1-3-6-16(8-13(17)18)9(2)10-4-5-11(14)12(15)7-10;/h4-5,7,9H,3,6,8H2,1-2H3,(H,17,18);1H. The van der Waals surface area contributed by atoms with Crippen LogP contribution in [0.3, 0.4) is 0 Å². The van der Waals surface area contributed by atoms with Gasteiger partial charge in [-0.2, -0.15) is 0 Å². The Balaban J connectivity index is 0.00000324. The summed E-state index contributed by atoms with van der Waals surface area (Å²) in [5, 5.41) is 9.92. The minimum atomic E-state index is -0.824. The molecule has 0 amide bonds. The topological polar surface area (TPSA) is 40.5 Å². The van der Waals surface area contributed by atoms with Gasteiger partial charge >= 0.3 is 5.97 Å². The number of carbonyl (C=O) groups is 1. The first-order chi connectivity index (χ1) is 8.45. The fraction of sp³-hybridized carbons (Fsp3) is 0.462. The molecular formula is C13H18Cl3NO2. The molecule has 3 nitrogen and oxygen atoms in total. The fourth-order valence-electron chi connectivity index (χ4n) is 1.85. The van der Waals surface area contributed by atoms with E-state index >= 15 is 0 Å². The van der Waals surface area contributed by atoms with Crippen LogP contribution in [0.5, 0.6) is 0 Å². The normalized spacial score (nSPS) is 12.1. The molecule has 108 valence electrons. The minimum absolute atomic E-state index is 0. The molecule has 1 aromatic rings. The van der Waals surface area contributed by atoms with Gasteiger partial charge in [-0.15, -0.1) is 12.4 Å². The van der Waals surface area contributed by atoms with E-state index in [2.05, 4.69) is 0 Å². The van der Waals surface area contributed by atoms with Gasteiger partial charge in [-0.1, -0.05) is 36.2 Å². The summed E-state index contributed by atoms with van der Waals surface area (Å²) in [5.74, 6) is -0.824. The molecule has 1 unspecified atom stereocenters. The van der Waals surface area contributed by atoms with E-state index in [0.717, 1.165) is 18.5 Å². The van der Waals surface area contributed by atoms with Crippen molar-refractivity contribution >= 4 is 41.6 Å². The Labute approximate surface area is 129 Å². The second kappa shape index (κ2) is 8.64. The van der Waals surface area contributed by atoms with Gasteiger partial charge in [0.15, 0.2) is 0 Å². The summed E-state index contributed by atoms with van der Waals surface area (Å²) in [7, 11) is 0. The van der Waals surface area contributed by atoms with Gasteiger partial charge in [0.1, 0.15) is 0 Å². The third kappa shape index (κ3) is 5.57. The number of benzene rings is 1. The molecule has 19 heavy (non-hydrogen) atoms. The summed E-state index contributed by atoms with van der Waals surface area (Å²) in [6.07, 6.45) is 0.902. The number of halogens is 3. The molecule has 1 rings (SSSR count). The van der Waals surface area contributed by atoms with Crippen molar-refractivity contribution in [2.75, 3.05) is 13.1 Å². The van der Waals surface area contributed by atoms with E-state index in [0.29, 0.717) is 10.0 Å². The largest absolute Gasteiger partial charge is 0.480 e. The van der Waals surface area contributed by atoms with Crippen LogP contribution in [0, 0.1) is 0 Å². The first kappa shape index (κ1) is 18.5. The van der Waals surface area contributed by atoms with Crippen molar-refractivity contribution in [1.29, 1.82) is 0 Å². The number of carboxylic acid groups (broad SMARTS) is 1. The zero-order valence-electron chi connectivity index (χ0n) is 10.9. The van der Waals surface area contributed by atoms with Gasteiger partial charge < -0.3 is 5.11 Å². The first-order valence-electron chi connectivity index (χ1n) is 5.86. The highest BCUT2D eigenvalue weighted by Gasteiger charge is 2.18. The Morgan fingerprint density at radius 2 is 2.00 bits per heavy atom. The van der Waals surface area contributed by atoms with E-state index in [-0.39, 0.29) is 25.0 Å². The lowest BCUT2D eigenvalue weighted by molar-refractivity contribution is -0.138. The maximum atomic E-state index is 10.9. The average Bonchev–Trinajstić information content (AvgIpc) is 2.31. The zero-order valence-corrected chi connectivity index (χ0v) is 13.2. The van der Waals surface area contributed by atoms with Gasteiger partial charge in [0.25, 0.3) is 0 Å². The molecule has 0 saturated carbocycles. The minimum Gasteiger partial charge on any atom is -0.480 e. The van der Waals surface area contributed by atoms with Crippen LogP contribution in [-0.2, 0) is 4.79 Å². The molecule has 0 spiro atoms. The van der Waals surface area contributed by atoms with Gasteiger partial charge in [0.05, 0.1) is 16.6 Å². The quantitative estimate of drug-likeness (QED) is 0.848. The molecule has 0 aliphatic carbocycles. The van der Waals surface area contributed by atoms with E-state index in [9.17, 15) is 4.79 Å². The van der Waals surface area contributed by atoms with Crippen molar-refractivity contribution < 1.29 is 9.90 Å². The lowest BCUT2D eigenvalue weighted by Gasteiger charge is -2.27. The molecule has 0 fully saturated rings. The van der Waals surface area contributed by atoms with Crippen LogP contribution in [0.1, 0.15) is 31.9 Å². The zero-order chi connectivity index (χ0) is 13.7. The Morgan fingerprint density at radius 3 is 2.47 bits per heavy atom. The third-order valence-electron chi connectivity index (χ3n) is 2.82. The van der Waals surface area contributed by atoms with Crippen LogP contribution in [0.15, 0.2) is 18.2 Å². The van der Waals surface area contributed by atoms with E-state index in [1.54, 1.807) is 12.1 Å². The summed E-state index contributed by atoms with van der Waals surface area (Å²) < 4.78 is 0. The van der Waals surface area contributed by atoms with Gasteiger partial charge in [0, 0.05) is 6.04 Å². The van der Waals surface area contributed by atoms with Crippen molar-refractivity contribution in [3.8, 4) is 0 Å². The van der Waals surface area contributed by atoms with Crippen molar-refractivity contribution in [1.82, 2.24) is 4.90 Å². The van der Waals surface area contributed by atoms with E-state index < -0.39 is 5.97 Å². The van der Waals surface area contributed by atoms with E-state index in [1.165, 1.54) is 0 Å². The number of rotatable bonds is 6. The predicted octanol–water partition coefficient (Wildman–Crippen LogP) is 4.27. The third-order valence-corrected chi connectivity index (χ3v) is 3.56. The Bertz CT molecular complexity index is 426. The first-order valence-corrected chi connectivity index (χ1v) is 6.62. The smallest absolute Gasteiger partial charge is 0.317 e. The second-order valence-electron chi connectivity index (χ2n) is 4.21. The second-order valence-corrected chi connectivity index (χ2v) is 5.03. The monoisotopic (exact) mass is 325 g/mol. The number of carboxylic acids is 1. The van der Waals surface area contributed by atoms with E-state index in [4.69, 9.17) is 28.3 Å². The molecule has 0 aliphatic rings. The van der Waals surface area contributed by atoms with Crippen LogP contribution < -0.4 is 0 Å². The Kier molecular flexibility index (Phi) is 8.42. The maximum absolute atomic E-state index is 10.9. The molecule has 1 N–H and O–H groups in total. The Hall–Kier alpha value is -0.480. The molecule has 6 heteroatoms. The van der Waals surface area contributed by atoms with Crippen molar-refractivity contribution in [3.63, 3.8) is 0 Å². The van der Waals surface area contributed by atoms with Gasteiger partial charge in [-0.25, -0.2) is 0 Å². The molecule has 0 aliphatic heterocycles. The predicted molar refractivity (Wildman–Crippen MR) is 81.6 cm³/mol. The summed E-state index contributed by atoms with van der Waals surface area (Å²) >= 11 is 11.8. The maximum Gasteiger partial charge on any atom is 0.317 e. The van der Waals surface area contributed by atoms with Crippen LogP contribution >= 0.6 is 35.6 Å². The average molecular weight is 327 g/mol. The Morgan fingerprint density at radius 1 is 1.37 bits per heavy atom. The fourth-order valence-corrected chi connectivity index (χ4v) is 2.16. The summed E-state index contributed by atoms with van der Waals surface area (Å²) in [6, 6.07) is 5.40. The van der Waals surface area contributed by atoms with Crippen LogP contribution in [-0.4, -0.2) is 29.1 Å². The number of nitrogens with zero attached hydrogens (tertiary/aromatic N) is 1. The van der Waals surface area contributed by atoms with Crippen molar-refractivity contribution in [2.24, 2.45) is 0 Å². The lowest BCUT2D eigenvalue weighted by Crippen LogP contribution is -2.33. The molecule has 0 saturated heterocycles. The van der Waals surface area contributed by atoms with Gasteiger partial charge in [0.2, 0.25) is 0 Å². The number of aliphatic carboxylic acids is 1. The van der Waals surface area contributed by atoms with Crippen LogP contribution in [0.2, 0.25) is 10.0 Å². The molecule has 1 atom stereocenters. The lowest BCUT2D eigenvalue weighted by atomic mass is 10.1. The number of hydrogen-bond acceptors (Lipinski definition) is 2. The van der Waals surface area contributed by atoms with Crippen molar-refractivity contribution in [3.05, 3.63) is 33.8 Å². The van der Waals surface area contributed by atoms with Gasteiger partial charge in [-0.3, -0.25) is 9.69 Å².